The fourth-order valence-corrected chi connectivity index (χ4v) is 3.29. The highest BCUT2D eigenvalue weighted by molar-refractivity contribution is 5.97. The van der Waals surface area contributed by atoms with Crippen molar-refractivity contribution in [3.8, 4) is 0 Å². The van der Waals surface area contributed by atoms with E-state index in [0.29, 0.717) is 24.9 Å². The molecule has 2 saturated heterocycles. The van der Waals surface area contributed by atoms with Crippen molar-refractivity contribution in [2.24, 2.45) is 13.0 Å². The number of fused-ring (bicyclic) bond motifs is 1. The molecule has 0 radical (unpaired) electrons. The lowest BCUT2D eigenvalue weighted by molar-refractivity contribution is -0.125. The van der Waals surface area contributed by atoms with E-state index in [4.69, 9.17) is 0 Å². The molecule has 20 heavy (non-hydrogen) atoms. The van der Waals surface area contributed by atoms with Crippen LogP contribution in [0, 0.1) is 5.92 Å². The maximum atomic E-state index is 12.2. The van der Waals surface area contributed by atoms with Gasteiger partial charge in [0.1, 0.15) is 0 Å². The van der Waals surface area contributed by atoms with Gasteiger partial charge in [0.15, 0.2) is 5.78 Å². The lowest BCUT2D eigenvalue weighted by Gasteiger charge is -2.41. The van der Waals surface area contributed by atoms with Crippen LogP contribution in [0.25, 0.3) is 0 Å². The third-order valence-corrected chi connectivity index (χ3v) is 4.43. The van der Waals surface area contributed by atoms with Gasteiger partial charge in [0.05, 0.1) is 6.54 Å². The number of aromatic nitrogens is 1. The monoisotopic (exact) mass is 275 g/mol. The van der Waals surface area contributed by atoms with E-state index in [1.807, 2.05) is 30.1 Å². The van der Waals surface area contributed by atoms with E-state index in [1.54, 1.807) is 0 Å². The average molecular weight is 275 g/mol. The molecule has 3 rings (SSSR count). The van der Waals surface area contributed by atoms with Crippen molar-refractivity contribution in [3.05, 3.63) is 24.0 Å². The highest BCUT2D eigenvalue weighted by Gasteiger charge is 2.34. The normalized spacial score (nSPS) is 26.9. The fraction of sp³-hybridized carbons (Fsp3) is 0.600. The minimum atomic E-state index is 0.181. The summed E-state index contributed by atoms with van der Waals surface area (Å²) in [5.41, 5.74) is 0.784. The molecular weight excluding hydrogens is 254 g/mol. The largest absolute Gasteiger partial charge is 0.357 e. The topological polar surface area (TPSA) is 54.3 Å². The van der Waals surface area contributed by atoms with Gasteiger partial charge in [-0.1, -0.05) is 0 Å². The molecule has 1 amide bonds. The van der Waals surface area contributed by atoms with E-state index in [2.05, 4.69) is 10.2 Å². The first-order valence-electron chi connectivity index (χ1n) is 7.29. The number of piperidine rings is 2. The molecule has 0 saturated carbocycles. The lowest BCUT2D eigenvalue weighted by atomic mass is 9.85. The molecule has 5 heteroatoms. The second-order valence-electron chi connectivity index (χ2n) is 5.99. The van der Waals surface area contributed by atoms with Gasteiger partial charge in [-0.25, -0.2) is 0 Å². The molecule has 0 aliphatic carbocycles. The van der Waals surface area contributed by atoms with Crippen molar-refractivity contribution in [2.75, 3.05) is 19.6 Å². The van der Waals surface area contributed by atoms with Crippen LogP contribution >= 0.6 is 0 Å². The van der Waals surface area contributed by atoms with Gasteiger partial charge in [-0.05, 0) is 24.8 Å². The Morgan fingerprint density at radius 3 is 3.05 bits per heavy atom. The van der Waals surface area contributed by atoms with Gasteiger partial charge in [-0.3, -0.25) is 14.5 Å². The quantitative estimate of drug-likeness (QED) is 0.831. The molecule has 3 heterocycles. The summed E-state index contributed by atoms with van der Waals surface area (Å²) < 4.78 is 1.90. The van der Waals surface area contributed by atoms with E-state index in [9.17, 15) is 9.59 Å². The second kappa shape index (κ2) is 5.40. The predicted octanol–water partition coefficient (Wildman–Crippen LogP) is 0.808. The number of Topliss-reactive ketones (excluding diaryl/α,β-unsaturated/α-hetero) is 1. The summed E-state index contributed by atoms with van der Waals surface area (Å²) >= 11 is 0. The first-order chi connectivity index (χ1) is 9.61. The number of nitrogens with one attached hydrogen (secondary N) is 1. The number of carbonyl (C=O) groups is 2. The molecule has 1 N–H and O–H groups in total. The number of ketones is 1. The van der Waals surface area contributed by atoms with Gasteiger partial charge in [0.2, 0.25) is 5.91 Å². The van der Waals surface area contributed by atoms with E-state index in [1.165, 1.54) is 0 Å². The number of likely N-dealkylation sites (tertiary alicyclic amines) is 1. The molecule has 0 spiro atoms. The lowest BCUT2D eigenvalue weighted by Crippen LogP contribution is -2.54. The number of hydrogen-bond donors (Lipinski definition) is 1. The average Bonchev–Trinajstić information content (AvgIpc) is 2.86. The van der Waals surface area contributed by atoms with Gasteiger partial charge in [0, 0.05) is 50.6 Å². The zero-order valence-electron chi connectivity index (χ0n) is 11.8. The van der Waals surface area contributed by atoms with Crippen LogP contribution in [0.2, 0.25) is 0 Å². The molecule has 2 fully saturated rings. The van der Waals surface area contributed by atoms with E-state index in [-0.39, 0.29) is 11.7 Å². The van der Waals surface area contributed by atoms with Crippen LogP contribution in [0.1, 0.15) is 29.6 Å². The third-order valence-electron chi connectivity index (χ3n) is 4.43. The van der Waals surface area contributed by atoms with Crippen LogP contribution in [0.4, 0.5) is 0 Å². The molecule has 2 atom stereocenters. The van der Waals surface area contributed by atoms with E-state index < -0.39 is 0 Å². The van der Waals surface area contributed by atoms with Gasteiger partial charge in [-0.15, -0.1) is 0 Å². The van der Waals surface area contributed by atoms with Crippen LogP contribution in [0.15, 0.2) is 18.5 Å². The zero-order valence-corrected chi connectivity index (χ0v) is 11.8. The van der Waals surface area contributed by atoms with Gasteiger partial charge in [-0.2, -0.15) is 0 Å². The van der Waals surface area contributed by atoms with E-state index >= 15 is 0 Å². The Bertz CT molecular complexity index is 523. The minimum Gasteiger partial charge on any atom is -0.357 e. The number of aryl methyl sites for hydroxylation is 1. The van der Waals surface area contributed by atoms with Crippen molar-refractivity contribution < 1.29 is 9.59 Å². The Morgan fingerprint density at radius 1 is 1.45 bits per heavy atom. The number of rotatable bonds is 3. The van der Waals surface area contributed by atoms with Crippen molar-refractivity contribution >= 4 is 11.7 Å². The molecule has 5 nitrogen and oxygen atoms in total. The molecular formula is C15H21N3O2. The van der Waals surface area contributed by atoms with Gasteiger partial charge in [0.25, 0.3) is 0 Å². The van der Waals surface area contributed by atoms with Crippen molar-refractivity contribution in [3.63, 3.8) is 0 Å². The van der Waals surface area contributed by atoms with Crippen LogP contribution in [0.5, 0.6) is 0 Å². The molecule has 2 unspecified atom stereocenters. The summed E-state index contributed by atoms with van der Waals surface area (Å²) in [6.45, 7) is 2.30. The highest BCUT2D eigenvalue weighted by atomic mass is 16.1. The Labute approximate surface area is 118 Å². The van der Waals surface area contributed by atoms with Crippen molar-refractivity contribution in [1.29, 1.82) is 0 Å². The molecule has 0 aromatic carbocycles. The Hall–Kier alpha value is -1.62. The predicted molar refractivity (Wildman–Crippen MR) is 75.5 cm³/mol. The minimum absolute atomic E-state index is 0.181. The zero-order chi connectivity index (χ0) is 14.1. The van der Waals surface area contributed by atoms with Crippen molar-refractivity contribution in [2.45, 2.75) is 25.3 Å². The first-order valence-corrected chi connectivity index (χ1v) is 7.29. The summed E-state index contributed by atoms with van der Waals surface area (Å²) in [5, 5.41) is 3.07. The Morgan fingerprint density at radius 2 is 2.30 bits per heavy atom. The molecule has 0 bridgehead atoms. The number of nitrogens with zero attached hydrogens (tertiary/aromatic N) is 2. The maximum absolute atomic E-state index is 12.2. The van der Waals surface area contributed by atoms with Gasteiger partial charge >= 0.3 is 0 Å². The molecule has 1 aromatic rings. The smallest absolute Gasteiger partial charge is 0.220 e. The summed E-state index contributed by atoms with van der Waals surface area (Å²) in [5.74, 6) is 0.869. The third kappa shape index (κ3) is 2.77. The Balaban J connectivity index is 1.57. The SMILES string of the molecule is Cn1ccc(C(=O)CN2CCC3NC(=O)CCC3C2)c1. The van der Waals surface area contributed by atoms with Crippen LogP contribution in [-0.2, 0) is 11.8 Å². The van der Waals surface area contributed by atoms with Crippen molar-refractivity contribution in [1.82, 2.24) is 14.8 Å². The molecule has 2 aliphatic heterocycles. The molecule has 1 aromatic heterocycles. The van der Waals surface area contributed by atoms with Crippen LogP contribution in [-0.4, -0.2) is 46.8 Å². The molecule has 108 valence electrons. The maximum Gasteiger partial charge on any atom is 0.220 e. The van der Waals surface area contributed by atoms with E-state index in [0.717, 1.165) is 31.5 Å². The van der Waals surface area contributed by atoms with Gasteiger partial charge < -0.3 is 9.88 Å². The summed E-state index contributed by atoms with van der Waals surface area (Å²) in [7, 11) is 1.92. The van der Waals surface area contributed by atoms with Crippen LogP contribution in [0.3, 0.4) is 0 Å². The second-order valence-corrected chi connectivity index (χ2v) is 5.99. The number of carbonyl (C=O) groups excluding carboxylic acids is 2. The summed E-state index contributed by atoms with van der Waals surface area (Å²) in [4.78, 5) is 25.8. The first kappa shape index (κ1) is 13.4. The molecule has 2 aliphatic rings. The van der Waals surface area contributed by atoms with Crippen LogP contribution < -0.4 is 5.32 Å². The summed E-state index contributed by atoms with van der Waals surface area (Å²) in [6.07, 6.45) is 6.30. The highest BCUT2D eigenvalue weighted by Crippen LogP contribution is 2.25. The number of hydrogen-bond acceptors (Lipinski definition) is 3. The standard InChI is InChI=1S/C15H21N3O2/c1-17-6-4-12(8-17)14(19)10-18-7-5-13-11(9-18)2-3-15(20)16-13/h4,6,8,11,13H,2-3,5,7,9-10H2,1H3,(H,16,20). The number of amides is 1. The Kier molecular flexibility index (Phi) is 3.61. The fourth-order valence-electron chi connectivity index (χ4n) is 3.29. The summed E-state index contributed by atoms with van der Waals surface area (Å²) in [6, 6.07) is 2.19.